The molecule has 0 aliphatic rings. The van der Waals surface area contributed by atoms with Gasteiger partial charge in [-0.3, -0.25) is 5.10 Å². The number of benzene rings is 1. The zero-order valence-electron chi connectivity index (χ0n) is 13.7. The van der Waals surface area contributed by atoms with Crippen molar-refractivity contribution in [1.29, 1.82) is 0 Å². The third-order valence-corrected chi connectivity index (χ3v) is 4.31. The van der Waals surface area contributed by atoms with Crippen LogP contribution in [0.25, 0.3) is 17.0 Å². The summed E-state index contributed by atoms with van der Waals surface area (Å²) in [4.78, 5) is 0. The number of aryl methyl sites for hydroxylation is 1. The number of fused-ring (bicyclic) bond motifs is 1. The van der Waals surface area contributed by atoms with Gasteiger partial charge in [0, 0.05) is 34.0 Å². The minimum absolute atomic E-state index is 0.539. The van der Waals surface area contributed by atoms with Gasteiger partial charge in [-0.1, -0.05) is 23.2 Å². The van der Waals surface area contributed by atoms with E-state index < -0.39 is 0 Å². The Bertz CT molecular complexity index is 1010. The van der Waals surface area contributed by atoms with Crippen LogP contribution in [0.3, 0.4) is 0 Å². The van der Waals surface area contributed by atoms with E-state index in [4.69, 9.17) is 23.2 Å². The number of nitrogens with zero attached hydrogens (tertiary/aromatic N) is 5. The largest absolute Gasteiger partial charge is 0.369 e. The highest BCUT2D eigenvalue weighted by atomic mass is 35.5. The van der Waals surface area contributed by atoms with Gasteiger partial charge in [0.25, 0.3) is 0 Å². The standard InChI is InChI=1S/C17H15Cl2N7/c18-12-8-11(9-13(19)10-12)17-24-23-16-4-3-15(25-26(16)17)20-6-1-2-14-5-7-21-22-14/h3-5,7-10H,1-2,6H2,(H,20,25)(H,21,22). The fourth-order valence-corrected chi connectivity index (χ4v) is 3.19. The van der Waals surface area contributed by atoms with Gasteiger partial charge in [-0.15, -0.1) is 15.3 Å². The first kappa shape index (κ1) is 16.8. The number of hydrogen-bond acceptors (Lipinski definition) is 5. The Hall–Kier alpha value is -2.64. The van der Waals surface area contributed by atoms with Crippen LogP contribution in [-0.2, 0) is 6.42 Å². The molecule has 9 heteroatoms. The number of aromatic amines is 1. The Morgan fingerprint density at radius 3 is 2.65 bits per heavy atom. The first-order valence-electron chi connectivity index (χ1n) is 8.10. The molecule has 0 atom stereocenters. The molecule has 0 fully saturated rings. The van der Waals surface area contributed by atoms with Gasteiger partial charge in [-0.05, 0) is 49.2 Å². The molecule has 0 spiro atoms. The fraction of sp³-hybridized carbons (Fsp3) is 0.176. The maximum Gasteiger partial charge on any atom is 0.185 e. The molecule has 4 rings (SSSR count). The summed E-state index contributed by atoms with van der Waals surface area (Å²) in [7, 11) is 0. The number of aromatic nitrogens is 6. The maximum atomic E-state index is 6.09. The Kier molecular flexibility index (Phi) is 4.73. The van der Waals surface area contributed by atoms with Crippen LogP contribution in [0.4, 0.5) is 5.82 Å². The normalized spacial score (nSPS) is 11.2. The van der Waals surface area contributed by atoms with Gasteiger partial charge in [0.15, 0.2) is 11.5 Å². The Morgan fingerprint density at radius 1 is 1.04 bits per heavy atom. The Balaban J connectivity index is 1.52. The minimum atomic E-state index is 0.539. The number of halogens is 2. The van der Waals surface area contributed by atoms with E-state index in [2.05, 4.69) is 30.8 Å². The third kappa shape index (κ3) is 3.63. The molecule has 1 aromatic carbocycles. The van der Waals surface area contributed by atoms with Crippen LogP contribution < -0.4 is 5.32 Å². The van der Waals surface area contributed by atoms with Crippen molar-refractivity contribution < 1.29 is 0 Å². The van der Waals surface area contributed by atoms with E-state index in [0.717, 1.165) is 36.5 Å². The first-order chi connectivity index (χ1) is 12.7. The SMILES string of the molecule is Clc1cc(Cl)cc(-c2nnc3ccc(NCCCc4ccn[nH]4)nn23)c1. The second-order valence-electron chi connectivity index (χ2n) is 5.78. The molecule has 132 valence electrons. The number of hydrogen-bond donors (Lipinski definition) is 2. The Labute approximate surface area is 159 Å². The van der Waals surface area contributed by atoms with Gasteiger partial charge in [-0.25, -0.2) is 0 Å². The van der Waals surface area contributed by atoms with E-state index in [9.17, 15) is 0 Å². The van der Waals surface area contributed by atoms with Gasteiger partial charge < -0.3 is 5.32 Å². The highest BCUT2D eigenvalue weighted by Gasteiger charge is 2.11. The molecule has 0 radical (unpaired) electrons. The monoisotopic (exact) mass is 387 g/mol. The lowest BCUT2D eigenvalue weighted by Gasteiger charge is -2.06. The highest BCUT2D eigenvalue weighted by Crippen LogP contribution is 2.26. The predicted octanol–water partition coefficient (Wildman–Crippen LogP) is 3.87. The van der Waals surface area contributed by atoms with Crippen LogP contribution in [0.5, 0.6) is 0 Å². The molecule has 0 saturated heterocycles. The summed E-state index contributed by atoms with van der Waals surface area (Å²) in [5, 5.41) is 24.2. The zero-order chi connectivity index (χ0) is 17.9. The smallest absolute Gasteiger partial charge is 0.185 e. The van der Waals surface area contributed by atoms with Crippen LogP contribution in [0.2, 0.25) is 10.0 Å². The fourth-order valence-electron chi connectivity index (χ4n) is 2.67. The maximum absolute atomic E-state index is 6.09. The van der Waals surface area contributed by atoms with E-state index in [0.29, 0.717) is 21.5 Å². The lowest BCUT2D eigenvalue weighted by molar-refractivity contribution is 0.818. The summed E-state index contributed by atoms with van der Waals surface area (Å²) in [6, 6.07) is 11.0. The van der Waals surface area contributed by atoms with Gasteiger partial charge in [0.2, 0.25) is 0 Å². The summed E-state index contributed by atoms with van der Waals surface area (Å²) in [5.41, 5.74) is 2.53. The van der Waals surface area contributed by atoms with E-state index in [1.807, 2.05) is 18.2 Å². The van der Waals surface area contributed by atoms with Crippen molar-refractivity contribution in [3.63, 3.8) is 0 Å². The molecule has 0 bridgehead atoms. The molecule has 4 aromatic rings. The van der Waals surface area contributed by atoms with Gasteiger partial charge in [0.05, 0.1) is 0 Å². The van der Waals surface area contributed by atoms with Crippen molar-refractivity contribution in [3.8, 4) is 11.4 Å². The molecule has 0 aliphatic heterocycles. The number of H-pyrrole nitrogens is 1. The topological polar surface area (TPSA) is 83.8 Å². The quantitative estimate of drug-likeness (QED) is 0.490. The molecule has 26 heavy (non-hydrogen) atoms. The number of anilines is 1. The average molecular weight is 388 g/mol. The summed E-state index contributed by atoms with van der Waals surface area (Å²) in [6.45, 7) is 0.790. The Morgan fingerprint density at radius 2 is 1.88 bits per heavy atom. The second kappa shape index (κ2) is 7.31. The summed E-state index contributed by atoms with van der Waals surface area (Å²) in [5.74, 6) is 1.33. The average Bonchev–Trinajstić information content (AvgIpc) is 3.27. The van der Waals surface area contributed by atoms with Crippen molar-refractivity contribution in [1.82, 2.24) is 30.0 Å². The number of nitrogens with one attached hydrogen (secondary N) is 2. The molecule has 7 nitrogen and oxygen atoms in total. The van der Waals surface area contributed by atoms with Crippen LogP contribution in [0, 0.1) is 0 Å². The van der Waals surface area contributed by atoms with Crippen LogP contribution in [-0.4, -0.2) is 36.6 Å². The third-order valence-electron chi connectivity index (χ3n) is 3.87. The highest BCUT2D eigenvalue weighted by molar-refractivity contribution is 6.35. The van der Waals surface area contributed by atoms with Crippen LogP contribution in [0.1, 0.15) is 12.1 Å². The molecular weight excluding hydrogens is 373 g/mol. The van der Waals surface area contributed by atoms with E-state index in [1.165, 1.54) is 0 Å². The summed E-state index contributed by atoms with van der Waals surface area (Å²) in [6.07, 6.45) is 3.64. The zero-order valence-corrected chi connectivity index (χ0v) is 15.2. The van der Waals surface area contributed by atoms with Gasteiger partial charge in [0.1, 0.15) is 5.82 Å². The molecule has 0 unspecified atom stereocenters. The molecule has 3 heterocycles. The van der Waals surface area contributed by atoms with E-state index in [-0.39, 0.29) is 0 Å². The predicted molar refractivity (Wildman–Crippen MR) is 102 cm³/mol. The van der Waals surface area contributed by atoms with Crippen molar-refractivity contribution in [3.05, 3.63) is 58.3 Å². The molecule has 0 amide bonds. The molecule has 2 N–H and O–H groups in total. The van der Waals surface area contributed by atoms with Gasteiger partial charge >= 0.3 is 0 Å². The summed E-state index contributed by atoms with van der Waals surface area (Å²) >= 11 is 12.2. The molecule has 0 saturated carbocycles. The van der Waals surface area contributed by atoms with E-state index >= 15 is 0 Å². The molecule has 0 aliphatic carbocycles. The minimum Gasteiger partial charge on any atom is -0.369 e. The van der Waals surface area contributed by atoms with Crippen molar-refractivity contribution in [2.75, 3.05) is 11.9 Å². The lowest BCUT2D eigenvalue weighted by atomic mass is 10.2. The lowest BCUT2D eigenvalue weighted by Crippen LogP contribution is -2.07. The first-order valence-corrected chi connectivity index (χ1v) is 8.86. The molecule has 3 aromatic heterocycles. The van der Waals surface area contributed by atoms with Crippen molar-refractivity contribution in [2.45, 2.75) is 12.8 Å². The molecular formula is C17H15Cl2N7. The van der Waals surface area contributed by atoms with E-state index in [1.54, 1.807) is 28.9 Å². The summed E-state index contributed by atoms with van der Waals surface area (Å²) < 4.78 is 1.68. The van der Waals surface area contributed by atoms with Crippen LogP contribution in [0.15, 0.2) is 42.6 Å². The van der Waals surface area contributed by atoms with Gasteiger partial charge in [-0.2, -0.15) is 9.61 Å². The van der Waals surface area contributed by atoms with Crippen LogP contribution >= 0.6 is 23.2 Å². The van der Waals surface area contributed by atoms with Crippen molar-refractivity contribution in [2.24, 2.45) is 0 Å². The second-order valence-corrected chi connectivity index (χ2v) is 6.66. The van der Waals surface area contributed by atoms with Crippen molar-refractivity contribution >= 4 is 34.7 Å². The number of rotatable bonds is 6.